The fourth-order valence-electron chi connectivity index (χ4n) is 3.96. The largest absolute Gasteiger partial charge is 0.352 e. The molecule has 0 spiro atoms. The van der Waals surface area contributed by atoms with Gasteiger partial charge in [-0.3, -0.25) is 19.9 Å². The van der Waals surface area contributed by atoms with E-state index in [0.29, 0.717) is 0 Å². The normalized spacial score (nSPS) is 11.4. The van der Waals surface area contributed by atoms with Crippen LogP contribution in [-0.4, -0.2) is 30.9 Å². The van der Waals surface area contributed by atoms with E-state index in [1.54, 1.807) is 13.1 Å². The van der Waals surface area contributed by atoms with Gasteiger partial charge in [-0.15, -0.1) is 11.3 Å². The average molecular weight is 436 g/mol. The molecule has 7 heteroatoms. The number of fused-ring (bicyclic) bond motifs is 2. The summed E-state index contributed by atoms with van der Waals surface area (Å²) < 4.78 is 0. The maximum atomic E-state index is 11.7. The smallest absolute Gasteiger partial charge is 0.169 e. The highest BCUT2D eigenvalue weighted by molar-refractivity contribution is 7.17. The molecule has 32 heavy (non-hydrogen) atoms. The Labute approximate surface area is 187 Å². The molecule has 5 heterocycles. The molecule has 154 valence electrons. The Hall–Kier alpha value is -4.10. The second-order valence-corrected chi connectivity index (χ2v) is 8.68. The molecule has 2 N–H and O–H groups in total. The summed E-state index contributed by atoms with van der Waals surface area (Å²) in [5.41, 5.74) is 6.58. The van der Waals surface area contributed by atoms with Gasteiger partial charge in [-0.25, -0.2) is 0 Å². The van der Waals surface area contributed by atoms with Gasteiger partial charge in [-0.1, -0.05) is 12.1 Å². The molecule has 0 aliphatic carbocycles. The average Bonchev–Trinajstić information content (AvgIpc) is 3.56. The molecular formula is C25H17N5OS. The quantitative estimate of drug-likeness (QED) is 0.328. The molecule has 0 fully saturated rings. The van der Waals surface area contributed by atoms with Crippen LogP contribution in [0.1, 0.15) is 16.6 Å². The first-order chi connectivity index (χ1) is 15.7. The Morgan fingerprint density at radius 1 is 0.969 bits per heavy atom. The molecule has 0 amide bonds. The molecular weight excluding hydrogens is 418 g/mol. The number of H-pyrrole nitrogens is 2. The van der Waals surface area contributed by atoms with Gasteiger partial charge in [0.05, 0.1) is 33.5 Å². The van der Waals surface area contributed by atoms with Gasteiger partial charge in [-0.2, -0.15) is 5.10 Å². The summed E-state index contributed by atoms with van der Waals surface area (Å²) in [6, 6.07) is 18.0. The summed E-state index contributed by atoms with van der Waals surface area (Å²) in [5.74, 6) is 0.0721. The fraction of sp³-hybridized carbons (Fsp3) is 0.0400. The molecule has 6 aromatic rings. The zero-order valence-electron chi connectivity index (χ0n) is 17.1. The van der Waals surface area contributed by atoms with Crippen molar-refractivity contribution >= 4 is 38.9 Å². The van der Waals surface area contributed by atoms with Crippen molar-refractivity contribution in [3.8, 4) is 33.1 Å². The number of nitrogens with one attached hydrogen (secondary N) is 2. The van der Waals surface area contributed by atoms with Gasteiger partial charge in [0.15, 0.2) is 5.78 Å². The van der Waals surface area contributed by atoms with Gasteiger partial charge in [0, 0.05) is 39.2 Å². The van der Waals surface area contributed by atoms with Crippen LogP contribution in [0.5, 0.6) is 0 Å². The SMILES string of the molecule is CC(=O)c1ccc(-c2cncc3[nH]c(-c4n[nH]c5ccc(-c6ccccn6)cc45)cc23)s1. The van der Waals surface area contributed by atoms with Crippen molar-refractivity contribution in [1.82, 2.24) is 25.1 Å². The van der Waals surface area contributed by atoms with Gasteiger partial charge in [-0.05, 0) is 49.4 Å². The lowest BCUT2D eigenvalue weighted by molar-refractivity contribution is 0.102. The number of pyridine rings is 2. The number of Topliss-reactive ketones (excluding diaryl/α,β-unsaturated/α-hetero) is 1. The number of benzene rings is 1. The highest BCUT2D eigenvalue weighted by atomic mass is 32.1. The molecule has 6 rings (SSSR count). The molecule has 1 aromatic carbocycles. The lowest BCUT2D eigenvalue weighted by Gasteiger charge is -2.01. The van der Waals surface area contributed by atoms with E-state index in [1.165, 1.54) is 11.3 Å². The van der Waals surface area contributed by atoms with E-state index in [1.807, 2.05) is 54.9 Å². The third-order valence-corrected chi connectivity index (χ3v) is 6.76. The predicted molar refractivity (Wildman–Crippen MR) is 128 cm³/mol. The molecule has 0 radical (unpaired) electrons. The Balaban J connectivity index is 1.49. The first kappa shape index (κ1) is 18.7. The second kappa shape index (κ2) is 7.25. The summed E-state index contributed by atoms with van der Waals surface area (Å²) in [7, 11) is 0. The molecule has 0 bridgehead atoms. The van der Waals surface area contributed by atoms with Crippen molar-refractivity contribution in [2.45, 2.75) is 6.92 Å². The van der Waals surface area contributed by atoms with Crippen LogP contribution in [0.4, 0.5) is 0 Å². The van der Waals surface area contributed by atoms with Crippen LogP contribution in [0.2, 0.25) is 0 Å². The monoisotopic (exact) mass is 435 g/mol. The predicted octanol–water partition coefficient (Wildman–Crippen LogP) is 6.10. The zero-order chi connectivity index (χ0) is 21.7. The summed E-state index contributed by atoms with van der Waals surface area (Å²) in [6.07, 6.45) is 5.46. The van der Waals surface area contributed by atoms with E-state index >= 15 is 0 Å². The van der Waals surface area contributed by atoms with Crippen LogP contribution in [0.3, 0.4) is 0 Å². The third-order valence-electron chi connectivity index (χ3n) is 5.54. The molecule has 0 saturated heterocycles. The summed E-state index contributed by atoms with van der Waals surface area (Å²) >= 11 is 1.49. The van der Waals surface area contributed by atoms with Gasteiger partial charge >= 0.3 is 0 Å². The third kappa shape index (κ3) is 3.02. The Morgan fingerprint density at radius 2 is 1.91 bits per heavy atom. The number of hydrogen-bond acceptors (Lipinski definition) is 5. The van der Waals surface area contributed by atoms with Crippen molar-refractivity contribution in [1.29, 1.82) is 0 Å². The van der Waals surface area contributed by atoms with Crippen molar-refractivity contribution in [2.24, 2.45) is 0 Å². The van der Waals surface area contributed by atoms with Gasteiger partial charge < -0.3 is 4.98 Å². The van der Waals surface area contributed by atoms with E-state index in [4.69, 9.17) is 0 Å². The van der Waals surface area contributed by atoms with Crippen molar-refractivity contribution < 1.29 is 4.79 Å². The van der Waals surface area contributed by atoms with Crippen LogP contribution in [-0.2, 0) is 0 Å². The van der Waals surface area contributed by atoms with Gasteiger partial charge in [0.25, 0.3) is 0 Å². The topological polar surface area (TPSA) is 87.3 Å². The zero-order valence-corrected chi connectivity index (χ0v) is 17.9. The fourth-order valence-corrected chi connectivity index (χ4v) is 4.88. The Kier molecular flexibility index (Phi) is 4.22. The molecule has 0 atom stereocenters. The highest BCUT2D eigenvalue weighted by Crippen LogP contribution is 2.37. The molecule has 5 aromatic heterocycles. The highest BCUT2D eigenvalue weighted by Gasteiger charge is 2.16. The van der Waals surface area contributed by atoms with Crippen LogP contribution in [0.25, 0.3) is 54.9 Å². The van der Waals surface area contributed by atoms with Gasteiger partial charge in [0.2, 0.25) is 0 Å². The van der Waals surface area contributed by atoms with E-state index in [0.717, 1.165) is 59.8 Å². The number of aromatic amines is 2. The number of ketones is 1. The standard InChI is InChI=1S/C25H17N5OS/c1-14(31)23-7-8-24(32-23)18-12-26-13-22-16(18)11-21(28-22)25-17-10-15(5-6-20(17)29-30-25)19-4-2-3-9-27-19/h2-13,28H,1H3,(H,29,30). The number of carbonyl (C=O) groups is 1. The van der Waals surface area contributed by atoms with Crippen LogP contribution < -0.4 is 0 Å². The number of hydrogen-bond donors (Lipinski definition) is 2. The number of nitrogens with zero attached hydrogens (tertiary/aromatic N) is 3. The lowest BCUT2D eigenvalue weighted by atomic mass is 10.1. The molecule has 6 nitrogen and oxygen atoms in total. The maximum absolute atomic E-state index is 11.7. The minimum Gasteiger partial charge on any atom is -0.352 e. The number of thiophene rings is 1. The van der Waals surface area contributed by atoms with Crippen LogP contribution in [0.15, 0.2) is 73.2 Å². The summed E-state index contributed by atoms with van der Waals surface area (Å²) in [4.78, 5) is 25.8. The number of rotatable bonds is 4. The molecule has 0 aliphatic rings. The second-order valence-electron chi connectivity index (χ2n) is 7.60. The van der Waals surface area contributed by atoms with E-state index in [9.17, 15) is 4.79 Å². The molecule has 0 unspecified atom stereocenters. The van der Waals surface area contributed by atoms with E-state index < -0.39 is 0 Å². The number of carbonyl (C=O) groups excluding carboxylic acids is 1. The molecule has 0 aliphatic heterocycles. The lowest BCUT2D eigenvalue weighted by Crippen LogP contribution is -1.83. The number of aromatic nitrogens is 5. The van der Waals surface area contributed by atoms with E-state index in [2.05, 4.69) is 37.3 Å². The Bertz CT molecular complexity index is 1610. The molecule has 0 saturated carbocycles. The van der Waals surface area contributed by atoms with Crippen molar-refractivity contribution in [3.63, 3.8) is 0 Å². The first-order valence-corrected chi connectivity index (χ1v) is 11.0. The minimum absolute atomic E-state index is 0.0721. The van der Waals surface area contributed by atoms with Crippen molar-refractivity contribution in [3.05, 3.63) is 78.1 Å². The van der Waals surface area contributed by atoms with Crippen LogP contribution >= 0.6 is 11.3 Å². The maximum Gasteiger partial charge on any atom is 0.169 e. The Morgan fingerprint density at radius 3 is 2.72 bits per heavy atom. The van der Waals surface area contributed by atoms with Crippen molar-refractivity contribution in [2.75, 3.05) is 0 Å². The van der Waals surface area contributed by atoms with Gasteiger partial charge in [0.1, 0.15) is 5.69 Å². The first-order valence-electron chi connectivity index (χ1n) is 10.1. The minimum atomic E-state index is 0.0721. The summed E-state index contributed by atoms with van der Waals surface area (Å²) in [6.45, 7) is 1.59. The summed E-state index contributed by atoms with van der Waals surface area (Å²) in [5, 5.41) is 9.78. The van der Waals surface area contributed by atoms with E-state index in [-0.39, 0.29) is 5.78 Å². The van der Waals surface area contributed by atoms with Crippen LogP contribution in [0, 0.1) is 0 Å².